The SMILES string of the molecule is CN[C@@H]1[C@@H](O)[C@@H](O[C@H]2[C@H](NC(=O)[C@@H](O)CN)C[C@H](N)C(O[C@H]3O[C@H](CNCC(O)CO)[C@@H](O)[C@H](O)[C@H]3O)[C@@H]2O)OC[C@]1(C)O. The third-order valence-corrected chi connectivity index (χ3v) is 8.20. The molecule has 2 unspecified atom stereocenters. The van der Waals surface area contributed by atoms with E-state index < -0.39 is 116 Å². The van der Waals surface area contributed by atoms with E-state index in [-0.39, 0.29) is 26.1 Å². The molecule has 2 saturated heterocycles. The molecule has 19 nitrogen and oxygen atoms in total. The fourth-order valence-corrected chi connectivity index (χ4v) is 5.65. The highest BCUT2D eigenvalue weighted by Crippen LogP contribution is 2.32. The van der Waals surface area contributed by atoms with Gasteiger partial charge in [-0.3, -0.25) is 4.79 Å². The van der Waals surface area contributed by atoms with Crippen molar-refractivity contribution in [3.05, 3.63) is 0 Å². The van der Waals surface area contributed by atoms with Crippen LogP contribution in [-0.4, -0.2) is 189 Å². The molecular weight excluding hydrogens is 594 g/mol. The first-order valence-corrected chi connectivity index (χ1v) is 14.5. The van der Waals surface area contributed by atoms with Gasteiger partial charge in [0.25, 0.3) is 0 Å². The molecule has 0 spiro atoms. The highest BCUT2D eigenvalue weighted by atomic mass is 16.7. The quantitative estimate of drug-likeness (QED) is 0.0885. The molecule has 0 radical (unpaired) electrons. The van der Waals surface area contributed by atoms with Crippen LogP contribution in [0, 0.1) is 0 Å². The van der Waals surface area contributed by atoms with Crippen LogP contribution in [0.15, 0.2) is 0 Å². The fraction of sp³-hybridized carbons (Fsp3) is 0.960. The number of rotatable bonds is 13. The maximum absolute atomic E-state index is 12.5. The van der Waals surface area contributed by atoms with Gasteiger partial charge in [0.2, 0.25) is 5.91 Å². The molecule has 3 aliphatic rings. The topological polar surface area (TPSA) is 324 Å². The first kappa shape index (κ1) is 37.2. The van der Waals surface area contributed by atoms with Gasteiger partial charge in [-0.15, -0.1) is 0 Å². The summed E-state index contributed by atoms with van der Waals surface area (Å²) in [5.41, 5.74) is 10.2. The molecule has 0 bridgehead atoms. The van der Waals surface area contributed by atoms with Crippen molar-refractivity contribution in [1.29, 1.82) is 0 Å². The Kier molecular flexibility index (Phi) is 13.6. The Labute approximate surface area is 254 Å². The Morgan fingerprint density at radius 3 is 2.30 bits per heavy atom. The average Bonchev–Trinajstić information content (AvgIpc) is 2.98. The summed E-state index contributed by atoms with van der Waals surface area (Å²) in [6.45, 7) is 0.0778. The zero-order valence-corrected chi connectivity index (χ0v) is 24.6. The summed E-state index contributed by atoms with van der Waals surface area (Å²) in [7, 11) is 1.51. The second-order valence-corrected chi connectivity index (χ2v) is 11.8. The number of ether oxygens (including phenoxy) is 4. The van der Waals surface area contributed by atoms with Crippen LogP contribution in [0.4, 0.5) is 0 Å². The van der Waals surface area contributed by atoms with Crippen LogP contribution < -0.4 is 27.4 Å². The smallest absolute Gasteiger partial charge is 0.250 e. The molecule has 19 heteroatoms. The summed E-state index contributed by atoms with van der Waals surface area (Å²) in [6.07, 6.45) is -18.0. The molecule has 16 atom stereocenters. The Balaban J connectivity index is 1.80. The van der Waals surface area contributed by atoms with E-state index in [0.29, 0.717) is 0 Å². The molecule has 3 rings (SSSR count). The molecule has 1 amide bonds. The highest BCUT2D eigenvalue weighted by Gasteiger charge is 2.53. The fourth-order valence-electron chi connectivity index (χ4n) is 5.65. The van der Waals surface area contributed by atoms with Crippen LogP contribution >= 0.6 is 0 Å². The van der Waals surface area contributed by atoms with Crippen molar-refractivity contribution in [3.63, 3.8) is 0 Å². The molecule has 0 aromatic carbocycles. The summed E-state index contributed by atoms with van der Waals surface area (Å²) in [6, 6.07) is -3.03. The number of amides is 1. The third-order valence-electron chi connectivity index (χ3n) is 8.20. The van der Waals surface area contributed by atoms with Gasteiger partial charge in [-0.2, -0.15) is 0 Å². The van der Waals surface area contributed by atoms with Gasteiger partial charge in [0, 0.05) is 25.7 Å². The molecule has 2 heterocycles. The van der Waals surface area contributed by atoms with Crippen molar-refractivity contribution in [2.24, 2.45) is 11.5 Å². The molecule has 1 aliphatic carbocycles. The van der Waals surface area contributed by atoms with Crippen molar-refractivity contribution in [3.8, 4) is 0 Å². The Morgan fingerprint density at radius 1 is 1.02 bits per heavy atom. The first-order chi connectivity index (χ1) is 20.7. The van der Waals surface area contributed by atoms with Gasteiger partial charge in [-0.1, -0.05) is 0 Å². The second kappa shape index (κ2) is 16.1. The molecule has 3 fully saturated rings. The number of nitrogens with two attached hydrogens (primary N) is 2. The third kappa shape index (κ3) is 8.57. The molecule has 0 aromatic rings. The largest absolute Gasteiger partial charge is 0.394 e. The molecule has 16 N–H and O–H groups in total. The number of aliphatic hydroxyl groups excluding tert-OH is 8. The average molecular weight is 644 g/mol. The Morgan fingerprint density at radius 2 is 1.68 bits per heavy atom. The minimum absolute atomic E-state index is 0.0661. The predicted octanol–water partition coefficient (Wildman–Crippen LogP) is -8.54. The lowest BCUT2D eigenvalue weighted by molar-refractivity contribution is -0.331. The van der Waals surface area contributed by atoms with Crippen molar-refractivity contribution in [2.45, 2.75) is 111 Å². The molecule has 0 aromatic heterocycles. The van der Waals surface area contributed by atoms with Crippen LogP contribution in [0.3, 0.4) is 0 Å². The highest BCUT2D eigenvalue weighted by molar-refractivity contribution is 5.81. The molecule has 2 aliphatic heterocycles. The van der Waals surface area contributed by atoms with E-state index in [0.717, 1.165) is 0 Å². The van der Waals surface area contributed by atoms with E-state index >= 15 is 0 Å². The van der Waals surface area contributed by atoms with Gasteiger partial charge in [-0.25, -0.2) is 0 Å². The van der Waals surface area contributed by atoms with Crippen molar-refractivity contribution >= 4 is 5.91 Å². The van der Waals surface area contributed by atoms with Crippen molar-refractivity contribution in [2.75, 3.05) is 39.9 Å². The number of carbonyl (C=O) groups excluding carboxylic acids is 1. The van der Waals surface area contributed by atoms with Crippen LogP contribution in [0.25, 0.3) is 0 Å². The summed E-state index contributed by atoms with van der Waals surface area (Å²) < 4.78 is 23.0. The molecule has 258 valence electrons. The number of carbonyl (C=O) groups is 1. The number of aliphatic hydroxyl groups is 9. The van der Waals surface area contributed by atoms with Gasteiger partial charge in [0.15, 0.2) is 12.6 Å². The molecule has 44 heavy (non-hydrogen) atoms. The van der Waals surface area contributed by atoms with Gasteiger partial charge in [0.05, 0.1) is 31.4 Å². The predicted molar refractivity (Wildman–Crippen MR) is 147 cm³/mol. The zero-order valence-electron chi connectivity index (χ0n) is 24.6. The van der Waals surface area contributed by atoms with Gasteiger partial charge >= 0.3 is 0 Å². The lowest BCUT2D eigenvalue weighted by Gasteiger charge is -2.49. The van der Waals surface area contributed by atoms with E-state index in [2.05, 4.69) is 16.0 Å². The lowest BCUT2D eigenvalue weighted by atomic mass is 9.83. The maximum atomic E-state index is 12.5. The minimum Gasteiger partial charge on any atom is -0.394 e. The number of likely N-dealkylation sites (N-methyl/N-ethyl adjacent to an activating group) is 1. The summed E-state index contributed by atoms with van der Waals surface area (Å²) in [5.74, 6) is -0.879. The zero-order chi connectivity index (χ0) is 32.9. The van der Waals surface area contributed by atoms with Gasteiger partial charge in [0.1, 0.15) is 60.5 Å². The maximum Gasteiger partial charge on any atom is 0.250 e. The van der Waals surface area contributed by atoms with Crippen LogP contribution in [0.1, 0.15) is 13.3 Å². The van der Waals surface area contributed by atoms with Crippen LogP contribution in [-0.2, 0) is 23.7 Å². The monoisotopic (exact) mass is 643 g/mol. The Bertz CT molecular complexity index is 909. The van der Waals surface area contributed by atoms with Crippen LogP contribution in [0.2, 0.25) is 0 Å². The number of hydrogen-bond acceptors (Lipinski definition) is 18. The summed E-state index contributed by atoms with van der Waals surface area (Å²) in [5, 5.41) is 101. The standard InChI is InChI=1S/C25H49N5O14/c1-25(40)8-41-23(18(38)21(25)28-2)44-20-11(30-22(39)12(33)4-26)3-10(27)19(17(20)37)43-24-16(36)15(35)14(34)13(42-24)6-29-5-9(32)7-31/h9-21,23-24,28-29,31-38,40H,3-8,26-27H2,1-2H3,(H,30,39)/t9?,10-,11+,12-,13+,14+,15-,16+,17-,18+,19?,20-,21+,23+,24+,25-/m0/s1. The number of hydrogen-bond donors (Lipinski definition) is 14. The van der Waals surface area contributed by atoms with E-state index in [4.69, 9.17) is 35.5 Å². The van der Waals surface area contributed by atoms with Gasteiger partial charge in [-0.05, 0) is 20.4 Å². The Hall–Kier alpha value is -1.21. The number of nitrogens with one attached hydrogen (secondary N) is 3. The molecule has 1 saturated carbocycles. The van der Waals surface area contributed by atoms with Gasteiger partial charge < -0.3 is 92.3 Å². The van der Waals surface area contributed by atoms with E-state index in [1.165, 1.54) is 14.0 Å². The summed E-state index contributed by atoms with van der Waals surface area (Å²) >= 11 is 0. The lowest BCUT2D eigenvalue weighted by Crippen LogP contribution is -2.70. The first-order valence-electron chi connectivity index (χ1n) is 14.5. The summed E-state index contributed by atoms with van der Waals surface area (Å²) in [4.78, 5) is 12.5. The van der Waals surface area contributed by atoms with Crippen molar-refractivity contribution < 1.29 is 69.7 Å². The van der Waals surface area contributed by atoms with Crippen molar-refractivity contribution in [1.82, 2.24) is 16.0 Å². The minimum atomic E-state index is -1.79. The van der Waals surface area contributed by atoms with E-state index in [1.54, 1.807) is 0 Å². The second-order valence-electron chi connectivity index (χ2n) is 11.8. The normalized spacial score (nSPS) is 44.6. The molecular formula is C25H49N5O14. The van der Waals surface area contributed by atoms with E-state index in [1.807, 2.05) is 0 Å². The van der Waals surface area contributed by atoms with Crippen LogP contribution in [0.5, 0.6) is 0 Å². The van der Waals surface area contributed by atoms with E-state index in [9.17, 15) is 45.6 Å².